The topological polar surface area (TPSA) is 79.3 Å². The standard InChI is InChI=1S/C18H21N5O2/c24-17-10-14(12-22(17)15-5-6-15)21-18(25)19-11-13-3-1-4-16(9-13)23-8-2-7-20-23/h1-4,7-9,14-15H,5-6,10-12H2,(H2,19,21,25)/t14-/m1/s1. The molecule has 1 atom stereocenters. The molecule has 1 aromatic heterocycles. The van der Waals surface area contributed by atoms with Gasteiger partial charge in [0.05, 0.1) is 11.7 Å². The van der Waals surface area contributed by atoms with Crippen LogP contribution in [0.3, 0.4) is 0 Å². The van der Waals surface area contributed by atoms with Crippen molar-refractivity contribution in [3.63, 3.8) is 0 Å². The normalized spacial score (nSPS) is 19.9. The molecule has 2 heterocycles. The Bertz CT molecular complexity index is 770. The van der Waals surface area contributed by atoms with Gasteiger partial charge in [-0.25, -0.2) is 9.48 Å². The Morgan fingerprint density at radius 1 is 1.28 bits per heavy atom. The third-order valence-electron chi connectivity index (χ3n) is 4.61. The molecule has 1 aromatic carbocycles. The monoisotopic (exact) mass is 339 g/mol. The number of benzene rings is 1. The van der Waals surface area contributed by atoms with Gasteiger partial charge in [0.25, 0.3) is 0 Å². The molecule has 1 saturated heterocycles. The van der Waals surface area contributed by atoms with Gasteiger partial charge < -0.3 is 15.5 Å². The van der Waals surface area contributed by atoms with Crippen molar-refractivity contribution in [1.29, 1.82) is 0 Å². The van der Waals surface area contributed by atoms with Crippen LogP contribution < -0.4 is 10.6 Å². The van der Waals surface area contributed by atoms with E-state index in [9.17, 15) is 9.59 Å². The van der Waals surface area contributed by atoms with Crippen LogP contribution >= 0.6 is 0 Å². The van der Waals surface area contributed by atoms with Crippen LogP contribution in [0.4, 0.5) is 4.79 Å². The van der Waals surface area contributed by atoms with Gasteiger partial charge in [-0.05, 0) is 36.6 Å². The van der Waals surface area contributed by atoms with E-state index in [-0.39, 0.29) is 18.0 Å². The number of carbonyl (C=O) groups is 2. The summed E-state index contributed by atoms with van der Waals surface area (Å²) in [4.78, 5) is 25.9. The van der Waals surface area contributed by atoms with Gasteiger partial charge >= 0.3 is 6.03 Å². The van der Waals surface area contributed by atoms with Crippen molar-refractivity contribution < 1.29 is 9.59 Å². The average molecular weight is 339 g/mol. The van der Waals surface area contributed by atoms with E-state index in [1.165, 1.54) is 0 Å². The Balaban J connectivity index is 1.29. The number of hydrogen-bond acceptors (Lipinski definition) is 3. The third-order valence-corrected chi connectivity index (χ3v) is 4.61. The summed E-state index contributed by atoms with van der Waals surface area (Å²) in [6, 6.07) is 9.80. The highest BCUT2D eigenvalue weighted by atomic mass is 16.2. The quantitative estimate of drug-likeness (QED) is 0.865. The summed E-state index contributed by atoms with van der Waals surface area (Å²) in [6.45, 7) is 1.06. The second kappa shape index (κ2) is 6.58. The van der Waals surface area contributed by atoms with Gasteiger partial charge in [0.1, 0.15) is 0 Å². The van der Waals surface area contributed by atoms with E-state index >= 15 is 0 Å². The number of hydrogen-bond donors (Lipinski definition) is 2. The predicted octanol–water partition coefficient (Wildman–Crippen LogP) is 1.43. The molecule has 0 bridgehead atoms. The number of likely N-dealkylation sites (tertiary alicyclic amines) is 1. The number of carbonyl (C=O) groups excluding carboxylic acids is 2. The molecule has 4 rings (SSSR count). The summed E-state index contributed by atoms with van der Waals surface area (Å²) in [5, 5.41) is 9.97. The van der Waals surface area contributed by atoms with Crippen molar-refractivity contribution in [1.82, 2.24) is 25.3 Å². The minimum absolute atomic E-state index is 0.0940. The van der Waals surface area contributed by atoms with E-state index in [0.717, 1.165) is 24.1 Å². The predicted molar refractivity (Wildman–Crippen MR) is 92.1 cm³/mol. The van der Waals surface area contributed by atoms with Gasteiger partial charge in [0.2, 0.25) is 5.91 Å². The first-order valence-corrected chi connectivity index (χ1v) is 8.62. The zero-order chi connectivity index (χ0) is 17.2. The lowest BCUT2D eigenvalue weighted by Crippen LogP contribution is -2.43. The Labute approximate surface area is 146 Å². The summed E-state index contributed by atoms with van der Waals surface area (Å²) in [6.07, 6.45) is 6.20. The Morgan fingerprint density at radius 2 is 2.16 bits per heavy atom. The summed E-state index contributed by atoms with van der Waals surface area (Å²) in [5.41, 5.74) is 1.94. The van der Waals surface area contributed by atoms with Gasteiger partial charge in [-0.3, -0.25) is 4.79 Å². The van der Waals surface area contributed by atoms with E-state index in [4.69, 9.17) is 0 Å². The van der Waals surface area contributed by atoms with E-state index in [0.29, 0.717) is 25.6 Å². The van der Waals surface area contributed by atoms with Gasteiger partial charge in [0.15, 0.2) is 0 Å². The molecule has 2 fully saturated rings. The van der Waals surface area contributed by atoms with Crippen LogP contribution in [0, 0.1) is 0 Å². The molecule has 2 N–H and O–H groups in total. The van der Waals surface area contributed by atoms with Crippen LogP contribution in [0.5, 0.6) is 0 Å². The second-order valence-corrected chi connectivity index (χ2v) is 6.63. The zero-order valence-electron chi connectivity index (χ0n) is 13.9. The van der Waals surface area contributed by atoms with Crippen molar-refractivity contribution >= 4 is 11.9 Å². The van der Waals surface area contributed by atoms with Crippen molar-refractivity contribution in [3.05, 3.63) is 48.3 Å². The number of nitrogens with one attached hydrogen (secondary N) is 2. The van der Waals surface area contributed by atoms with E-state index in [1.54, 1.807) is 10.9 Å². The Hall–Kier alpha value is -2.83. The molecule has 1 saturated carbocycles. The third kappa shape index (κ3) is 3.65. The van der Waals surface area contributed by atoms with Crippen LogP contribution in [0.2, 0.25) is 0 Å². The van der Waals surface area contributed by atoms with Crippen LogP contribution in [0.15, 0.2) is 42.7 Å². The van der Waals surface area contributed by atoms with E-state index in [1.807, 2.05) is 41.4 Å². The molecule has 3 amide bonds. The molecule has 2 aliphatic rings. The fraction of sp³-hybridized carbons (Fsp3) is 0.389. The fourth-order valence-corrected chi connectivity index (χ4v) is 3.22. The molecule has 1 aliphatic heterocycles. The number of aromatic nitrogens is 2. The average Bonchev–Trinajstić information content (AvgIpc) is 3.16. The molecule has 1 aliphatic carbocycles. The molecule has 7 nitrogen and oxygen atoms in total. The minimum atomic E-state index is -0.236. The van der Waals surface area contributed by atoms with Gasteiger partial charge in [-0.1, -0.05) is 12.1 Å². The van der Waals surface area contributed by atoms with E-state index in [2.05, 4.69) is 15.7 Å². The maximum atomic E-state index is 12.1. The number of nitrogens with zero attached hydrogens (tertiary/aromatic N) is 3. The van der Waals surface area contributed by atoms with Crippen LogP contribution in [-0.2, 0) is 11.3 Å². The number of urea groups is 1. The van der Waals surface area contributed by atoms with Gasteiger partial charge in [0, 0.05) is 37.9 Å². The molecule has 130 valence electrons. The highest BCUT2D eigenvalue weighted by molar-refractivity contribution is 5.82. The van der Waals surface area contributed by atoms with Crippen LogP contribution in [-0.4, -0.2) is 45.2 Å². The maximum absolute atomic E-state index is 12.1. The first kappa shape index (κ1) is 15.7. The first-order valence-electron chi connectivity index (χ1n) is 8.62. The Kier molecular flexibility index (Phi) is 4.13. The SMILES string of the molecule is O=C(NCc1cccc(-n2cccn2)c1)N[C@@H]1CC(=O)N(C2CC2)C1. The lowest BCUT2D eigenvalue weighted by molar-refractivity contribution is -0.128. The lowest BCUT2D eigenvalue weighted by atomic mass is 10.2. The molecule has 0 unspecified atom stereocenters. The molecule has 25 heavy (non-hydrogen) atoms. The molecule has 0 spiro atoms. The fourth-order valence-electron chi connectivity index (χ4n) is 3.22. The first-order chi connectivity index (χ1) is 12.2. The number of rotatable bonds is 5. The molecular formula is C18H21N5O2. The maximum Gasteiger partial charge on any atom is 0.315 e. The molecular weight excluding hydrogens is 318 g/mol. The Morgan fingerprint density at radius 3 is 2.92 bits per heavy atom. The van der Waals surface area contributed by atoms with E-state index < -0.39 is 0 Å². The van der Waals surface area contributed by atoms with Crippen molar-refractivity contribution in [2.24, 2.45) is 0 Å². The highest BCUT2D eigenvalue weighted by Crippen LogP contribution is 2.30. The van der Waals surface area contributed by atoms with Crippen molar-refractivity contribution in [2.75, 3.05) is 6.54 Å². The van der Waals surface area contributed by atoms with Crippen LogP contribution in [0.25, 0.3) is 5.69 Å². The highest BCUT2D eigenvalue weighted by Gasteiger charge is 2.39. The van der Waals surface area contributed by atoms with Gasteiger partial charge in [-0.2, -0.15) is 5.10 Å². The van der Waals surface area contributed by atoms with Crippen molar-refractivity contribution in [2.45, 2.75) is 37.9 Å². The summed E-state index contributed by atoms with van der Waals surface area (Å²) in [5.74, 6) is 0.153. The number of amides is 3. The van der Waals surface area contributed by atoms with Crippen molar-refractivity contribution in [3.8, 4) is 5.69 Å². The molecule has 0 radical (unpaired) electrons. The largest absolute Gasteiger partial charge is 0.338 e. The minimum Gasteiger partial charge on any atom is -0.338 e. The lowest BCUT2D eigenvalue weighted by Gasteiger charge is -2.16. The summed E-state index contributed by atoms with van der Waals surface area (Å²) in [7, 11) is 0. The van der Waals surface area contributed by atoms with Crippen LogP contribution in [0.1, 0.15) is 24.8 Å². The zero-order valence-corrected chi connectivity index (χ0v) is 13.9. The summed E-state index contributed by atoms with van der Waals surface area (Å²) < 4.78 is 1.78. The molecule has 7 heteroatoms. The van der Waals surface area contributed by atoms with Gasteiger partial charge in [-0.15, -0.1) is 0 Å². The molecule has 2 aromatic rings. The smallest absolute Gasteiger partial charge is 0.315 e. The second-order valence-electron chi connectivity index (χ2n) is 6.63. The summed E-state index contributed by atoms with van der Waals surface area (Å²) >= 11 is 0.